The topological polar surface area (TPSA) is 108 Å². The molecule has 8 nitrogen and oxygen atoms in total. The van der Waals surface area contributed by atoms with Crippen LogP contribution in [0, 0.1) is 13.8 Å². The van der Waals surface area contributed by atoms with Gasteiger partial charge in [0.1, 0.15) is 6.54 Å². The summed E-state index contributed by atoms with van der Waals surface area (Å²) in [5.74, 6) is -0.765. The van der Waals surface area contributed by atoms with E-state index in [-0.39, 0.29) is 12.5 Å². The van der Waals surface area contributed by atoms with Gasteiger partial charge in [-0.3, -0.25) is 14.3 Å². The van der Waals surface area contributed by atoms with Gasteiger partial charge in [-0.1, -0.05) is 0 Å². The molecule has 2 aromatic heterocycles. The van der Waals surface area contributed by atoms with Crippen LogP contribution in [-0.2, 0) is 11.3 Å². The number of aryl methyl sites for hydroxylation is 2. The number of primary amides is 1. The zero-order valence-corrected chi connectivity index (χ0v) is 13.9. The van der Waals surface area contributed by atoms with Gasteiger partial charge < -0.3 is 11.1 Å². The Morgan fingerprint density at radius 1 is 1.20 bits per heavy atom. The van der Waals surface area contributed by atoms with E-state index in [1.165, 1.54) is 10.9 Å². The van der Waals surface area contributed by atoms with E-state index in [1.54, 1.807) is 18.3 Å². The van der Waals surface area contributed by atoms with Crippen LogP contribution >= 0.6 is 0 Å². The third-order valence-corrected chi connectivity index (χ3v) is 3.59. The van der Waals surface area contributed by atoms with E-state index in [0.29, 0.717) is 11.3 Å². The van der Waals surface area contributed by atoms with E-state index in [2.05, 4.69) is 15.5 Å². The molecule has 0 unspecified atom stereocenters. The first-order chi connectivity index (χ1) is 11.9. The smallest absolute Gasteiger partial charge is 0.255 e. The minimum absolute atomic E-state index is 0.0345. The molecule has 0 spiro atoms. The average Bonchev–Trinajstić information content (AvgIpc) is 3.12. The number of carbonyl (C=O) groups is 2. The minimum atomic E-state index is -0.499. The molecule has 0 bridgehead atoms. The summed E-state index contributed by atoms with van der Waals surface area (Å²) in [6.45, 7) is 3.88. The molecular formula is C17H18N6O2. The first-order valence-electron chi connectivity index (χ1n) is 7.68. The summed E-state index contributed by atoms with van der Waals surface area (Å²) in [4.78, 5) is 23.2. The highest BCUT2D eigenvalue weighted by atomic mass is 16.2. The Morgan fingerprint density at radius 3 is 2.52 bits per heavy atom. The van der Waals surface area contributed by atoms with Crippen molar-refractivity contribution in [1.82, 2.24) is 19.6 Å². The largest absolute Gasteiger partial charge is 0.368 e. The van der Waals surface area contributed by atoms with E-state index >= 15 is 0 Å². The van der Waals surface area contributed by atoms with Gasteiger partial charge in [0, 0.05) is 17.5 Å². The normalized spacial score (nSPS) is 10.6. The fourth-order valence-electron chi connectivity index (χ4n) is 2.52. The molecule has 128 valence electrons. The van der Waals surface area contributed by atoms with Crippen LogP contribution in [0.4, 0.5) is 5.69 Å². The summed E-state index contributed by atoms with van der Waals surface area (Å²) in [5, 5.41) is 11.1. The molecule has 2 amide bonds. The van der Waals surface area contributed by atoms with Crippen molar-refractivity contribution >= 4 is 17.5 Å². The number of hydrogen-bond acceptors (Lipinski definition) is 4. The van der Waals surface area contributed by atoms with Crippen molar-refractivity contribution in [2.45, 2.75) is 20.4 Å². The van der Waals surface area contributed by atoms with Crippen LogP contribution in [0.25, 0.3) is 5.69 Å². The van der Waals surface area contributed by atoms with Crippen LogP contribution < -0.4 is 11.1 Å². The van der Waals surface area contributed by atoms with Gasteiger partial charge in [0.25, 0.3) is 5.91 Å². The number of hydrogen-bond donors (Lipinski definition) is 2. The lowest BCUT2D eigenvalue weighted by atomic mass is 10.2. The zero-order chi connectivity index (χ0) is 18.0. The van der Waals surface area contributed by atoms with Gasteiger partial charge >= 0.3 is 0 Å². The molecule has 3 rings (SSSR count). The highest BCUT2D eigenvalue weighted by Crippen LogP contribution is 2.14. The zero-order valence-electron chi connectivity index (χ0n) is 13.9. The highest BCUT2D eigenvalue weighted by Gasteiger charge is 2.10. The predicted molar refractivity (Wildman–Crippen MR) is 92.4 cm³/mol. The van der Waals surface area contributed by atoms with Gasteiger partial charge in [-0.25, -0.2) is 4.68 Å². The van der Waals surface area contributed by atoms with Crippen LogP contribution in [0.1, 0.15) is 21.7 Å². The molecule has 0 saturated heterocycles. The molecule has 1 aromatic carbocycles. The van der Waals surface area contributed by atoms with E-state index in [0.717, 1.165) is 17.1 Å². The Hall–Kier alpha value is -3.42. The fourth-order valence-corrected chi connectivity index (χ4v) is 2.52. The minimum Gasteiger partial charge on any atom is -0.368 e. The molecular weight excluding hydrogens is 320 g/mol. The van der Waals surface area contributed by atoms with Crippen molar-refractivity contribution in [1.29, 1.82) is 0 Å². The van der Waals surface area contributed by atoms with Gasteiger partial charge in [0.05, 0.1) is 23.3 Å². The van der Waals surface area contributed by atoms with Crippen molar-refractivity contribution < 1.29 is 9.59 Å². The lowest BCUT2D eigenvalue weighted by molar-refractivity contribution is -0.118. The van der Waals surface area contributed by atoms with E-state index in [1.807, 2.05) is 36.7 Å². The van der Waals surface area contributed by atoms with E-state index in [4.69, 9.17) is 5.73 Å². The van der Waals surface area contributed by atoms with Crippen molar-refractivity contribution in [2.75, 3.05) is 5.32 Å². The monoisotopic (exact) mass is 338 g/mol. The van der Waals surface area contributed by atoms with Gasteiger partial charge in [0.2, 0.25) is 5.91 Å². The number of nitrogens with two attached hydrogens (primary N) is 1. The summed E-state index contributed by atoms with van der Waals surface area (Å²) in [6, 6.07) is 9.13. The van der Waals surface area contributed by atoms with Gasteiger partial charge in [-0.2, -0.15) is 10.2 Å². The molecule has 0 atom stereocenters. The summed E-state index contributed by atoms with van der Waals surface area (Å²) >= 11 is 0. The number of amides is 2. The molecule has 2 heterocycles. The van der Waals surface area contributed by atoms with Crippen LogP contribution in [-0.4, -0.2) is 31.4 Å². The molecule has 3 aromatic rings. The molecule has 0 aliphatic heterocycles. The first kappa shape index (κ1) is 16.4. The molecule has 3 N–H and O–H groups in total. The molecule has 0 aliphatic rings. The molecule has 8 heteroatoms. The molecule has 25 heavy (non-hydrogen) atoms. The standard InChI is InChI=1S/C17H18N6O2/c1-11-7-12(2)23(21-11)15-5-3-13(4-6-15)17(25)20-14-8-19-22(9-14)10-16(18)24/h3-9H,10H2,1-2H3,(H2,18,24)(H,20,25). The van der Waals surface area contributed by atoms with E-state index < -0.39 is 5.91 Å². The number of benzene rings is 1. The molecule has 0 fully saturated rings. The summed E-state index contributed by atoms with van der Waals surface area (Å²) in [7, 11) is 0. The number of carbonyl (C=O) groups excluding carboxylic acids is 2. The Kier molecular flexibility index (Phi) is 4.34. The number of rotatable bonds is 5. The van der Waals surface area contributed by atoms with Crippen LogP contribution in [0.15, 0.2) is 42.7 Å². The Labute approximate surface area is 144 Å². The summed E-state index contributed by atoms with van der Waals surface area (Å²) < 4.78 is 3.19. The van der Waals surface area contributed by atoms with Crippen molar-refractivity contribution in [3.63, 3.8) is 0 Å². The average molecular weight is 338 g/mol. The SMILES string of the molecule is Cc1cc(C)n(-c2ccc(C(=O)Nc3cnn(CC(N)=O)c3)cc2)n1. The van der Waals surface area contributed by atoms with Gasteiger partial charge in [-0.05, 0) is 44.2 Å². The predicted octanol–water partition coefficient (Wildman–Crippen LogP) is 1.42. The van der Waals surface area contributed by atoms with Crippen LogP contribution in [0.5, 0.6) is 0 Å². The maximum absolute atomic E-state index is 12.3. The Balaban J connectivity index is 1.71. The fraction of sp³-hybridized carbons (Fsp3) is 0.176. The second-order valence-corrected chi connectivity index (χ2v) is 5.73. The number of nitrogens with zero attached hydrogens (tertiary/aromatic N) is 4. The summed E-state index contributed by atoms with van der Waals surface area (Å²) in [5.41, 5.74) is 8.96. The molecule has 0 aliphatic carbocycles. The number of aromatic nitrogens is 4. The molecule has 0 radical (unpaired) electrons. The van der Waals surface area contributed by atoms with Crippen molar-refractivity contribution in [2.24, 2.45) is 5.73 Å². The van der Waals surface area contributed by atoms with Crippen molar-refractivity contribution in [3.05, 3.63) is 59.7 Å². The van der Waals surface area contributed by atoms with Crippen LogP contribution in [0.2, 0.25) is 0 Å². The number of nitrogens with one attached hydrogen (secondary N) is 1. The third-order valence-electron chi connectivity index (χ3n) is 3.59. The quantitative estimate of drug-likeness (QED) is 0.733. The highest BCUT2D eigenvalue weighted by molar-refractivity contribution is 6.04. The Morgan fingerprint density at radius 2 is 1.92 bits per heavy atom. The van der Waals surface area contributed by atoms with Crippen molar-refractivity contribution in [3.8, 4) is 5.69 Å². The Bertz CT molecular complexity index is 923. The lowest BCUT2D eigenvalue weighted by Crippen LogP contribution is -2.18. The first-order valence-corrected chi connectivity index (χ1v) is 7.68. The third kappa shape index (κ3) is 3.74. The summed E-state index contributed by atoms with van der Waals surface area (Å²) in [6.07, 6.45) is 3.01. The lowest BCUT2D eigenvalue weighted by Gasteiger charge is -2.06. The number of anilines is 1. The maximum atomic E-state index is 12.3. The second kappa shape index (κ2) is 6.60. The molecule has 0 saturated carbocycles. The maximum Gasteiger partial charge on any atom is 0.255 e. The van der Waals surface area contributed by atoms with Crippen LogP contribution in [0.3, 0.4) is 0 Å². The second-order valence-electron chi connectivity index (χ2n) is 5.73. The van der Waals surface area contributed by atoms with Gasteiger partial charge in [0.15, 0.2) is 0 Å². The van der Waals surface area contributed by atoms with Gasteiger partial charge in [-0.15, -0.1) is 0 Å². The van der Waals surface area contributed by atoms with E-state index in [9.17, 15) is 9.59 Å².